The van der Waals surface area contributed by atoms with E-state index < -0.39 is 0 Å². The van der Waals surface area contributed by atoms with Crippen molar-refractivity contribution in [2.75, 3.05) is 36.4 Å². The van der Waals surface area contributed by atoms with E-state index in [-0.39, 0.29) is 0 Å². The summed E-state index contributed by atoms with van der Waals surface area (Å²) in [4.78, 5) is 11.8. The Morgan fingerprint density at radius 3 is 2.52 bits per heavy atom. The highest BCUT2D eigenvalue weighted by Gasteiger charge is 2.21. The number of benzene rings is 1. The second-order valence-corrected chi connectivity index (χ2v) is 8.52. The van der Waals surface area contributed by atoms with Gasteiger partial charge in [-0.1, -0.05) is 6.92 Å². The van der Waals surface area contributed by atoms with Crippen LogP contribution < -0.4 is 15.5 Å². The van der Waals surface area contributed by atoms with E-state index in [0.29, 0.717) is 12.0 Å². The highest BCUT2D eigenvalue weighted by atomic mass is 15.2. The summed E-state index contributed by atoms with van der Waals surface area (Å²) in [6, 6.07) is 11.3. The third-order valence-corrected chi connectivity index (χ3v) is 6.44. The molecule has 0 amide bonds. The van der Waals surface area contributed by atoms with Crippen molar-refractivity contribution in [3.05, 3.63) is 42.7 Å². The predicted molar refractivity (Wildman–Crippen MR) is 119 cm³/mol. The van der Waals surface area contributed by atoms with Crippen molar-refractivity contribution in [3.63, 3.8) is 0 Å². The van der Waals surface area contributed by atoms with Gasteiger partial charge >= 0.3 is 0 Å². The molecule has 6 nitrogen and oxygen atoms in total. The molecule has 3 aromatic rings. The van der Waals surface area contributed by atoms with Gasteiger partial charge in [-0.25, -0.2) is 4.98 Å². The summed E-state index contributed by atoms with van der Waals surface area (Å²) in [7, 11) is 0. The molecular weight excluding hydrogens is 360 g/mol. The third-order valence-electron chi connectivity index (χ3n) is 6.44. The quantitative estimate of drug-likeness (QED) is 0.694. The topological polar surface area (TPSA) is 58.0 Å². The lowest BCUT2D eigenvalue weighted by atomic mass is 9.87. The molecule has 0 unspecified atom stereocenters. The van der Waals surface area contributed by atoms with E-state index in [1.165, 1.54) is 31.4 Å². The van der Waals surface area contributed by atoms with Crippen LogP contribution in [-0.2, 0) is 0 Å². The zero-order valence-electron chi connectivity index (χ0n) is 17.1. The molecule has 29 heavy (non-hydrogen) atoms. The zero-order valence-corrected chi connectivity index (χ0v) is 17.1. The summed E-state index contributed by atoms with van der Waals surface area (Å²) in [6.45, 7) is 6.58. The third kappa shape index (κ3) is 3.94. The molecule has 1 aliphatic heterocycles. The molecule has 0 bridgehead atoms. The summed E-state index contributed by atoms with van der Waals surface area (Å²) in [5.41, 5.74) is 3.33. The molecule has 1 saturated carbocycles. The van der Waals surface area contributed by atoms with E-state index in [0.717, 1.165) is 48.8 Å². The average Bonchev–Trinajstić information content (AvgIpc) is 3.19. The molecule has 0 radical (unpaired) electrons. The Balaban J connectivity index is 1.33. The van der Waals surface area contributed by atoms with Crippen molar-refractivity contribution in [2.45, 2.75) is 38.6 Å². The van der Waals surface area contributed by atoms with Crippen molar-refractivity contribution in [1.29, 1.82) is 0 Å². The van der Waals surface area contributed by atoms with Gasteiger partial charge in [0.05, 0.1) is 0 Å². The minimum absolute atomic E-state index is 0.560. The number of anilines is 3. The fraction of sp³-hybridized carbons (Fsp3) is 0.478. The molecule has 152 valence electrons. The number of nitrogens with zero attached hydrogens (tertiary/aromatic N) is 4. The van der Waals surface area contributed by atoms with E-state index in [1.807, 2.05) is 6.20 Å². The molecule has 3 heterocycles. The van der Waals surface area contributed by atoms with Crippen molar-refractivity contribution in [2.24, 2.45) is 5.92 Å². The molecule has 2 N–H and O–H groups in total. The van der Waals surface area contributed by atoms with E-state index in [1.54, 1.807) is 0 Å². The minimum atomic E-state index is 0.560. The standard InChI is InChI=1S/C23H30N6/c1-17-2-6-21(7-3-17)29-13-10-18-16-25-23(27-22(18)29)26-19-4-8-20(9-5-19)28-14-11-24-12-15-28/h4-5,8-10,13,16-17,21,24H,2-3,6-7,11-12,14-15H2,1H3,(H,25,26,27). The van der Waals surface area contributed by atoms with Crippen LogP contribution in [0.25, 0.3) is 11.0 Å². The lowest BCUT2D eigenvalue weighted by Gasteiger charge is -2.29. The first-order chi connectivity index (χ1) is 14.3. The first-order valence-corrected chi connectivity index (χ1v) is 10.9. The van der Waals surface area contributed by atoms with Crippen LogP contribution in [0.3, 0.4) is 0 Å². The van der Waals surface area contributed by atoms with Crippen LogP contribution in [0.2, 0.25) is 0 Å². The van der Waals surface area contributed by atoms with Crippen molar-refractivity contribution in [3.8, 4) is 0 Å². The molecule has 2 fully saturated rings. The fourth-order valence-corrected chi connectivity index (χ4v) is 4.62. The molecule has 0 atom stereocenters. The smallest absolute Gasteiger partial charge is 0.229 e. The number of hydrogen-bond acceptors (Lipinski definition) is 5. The lowest BCUT2D eigenvalue weighted by Crippen LogP contribution is -2.43. The van der Waals surface area contributed by atoms with Crippen LogP contribution >= 0.6 is 0 Å². The Hall–Kier alpha value is -2.60. The second-order valence-electron chi connectivity index (χ2n) is 8.52. The molecule has 6 heteroatoms. The molecule has 0 spiro atoms. The molecule has 5 rings (SSSR count). The van der Waals surface area contributed by atoms with E-state index in [4.69, 9.17) is 4.98 Å². The Bertz CT molecular complexity index is 949. The zero-order chi connectivity index (χ0) is 19.6. The molecule has 2 aliphatic rings. The fourth-order valence-electron chi connectivity index (χ4n) is 4.62. The number of fused-ring (bicyclic) bond motifs is 1. The summed E-state index contributed by atoms with van der Waals surface area (Å²) < 4.78 is 2.36. The van der Waals surface area contributed by atoms with Gasteiger partial charge in [0.15, 0.2) is 0 Å². The monoisotopic (exact) mass is 390 g/mol. The van der Waals surface area contributed by atoms with Gasteiger partial charge in [-0.3, -0.25) is 0 Å². The number of rotatable bonds is 4. The van der Waals surface area contributed by atoms with Crippen molar-refractivity contribution >= 4 is 28.4 Å². The van der Waals surface area contributed by atoms with Gasteiger partial charge in [0.2, 0.25) is 5.95 Å². The van der Waals surface area contributed by atoms with Gasteiger partial charge < -0.3 is 20.1 Å². The van der Waals surface area contributed by atoms with Crippen LogP contribution in [0, 0.1) is 5.92 Å². The van der Waals surface area contributed by atoms with Crippen LogP contribution in [0.5, 0.6) is 0 Å². The maximum atomic E-state index is 4.86. The van der Waals surface area contributed by atoms with Gasteiger partial charge in [0.25, 0.3) is 0 Å². The second kappa shape index (κ2) is 8.03. The number of piperazine rings is 1. The van der Waals surface area contributed by atoms with Crippen molar-refractivity contribution in [1.82, 2.24) is 19.9 Å². The molecule has 1 aromatic carbocycles. The Kier molecular flexibility index (Phi) is 5.10. The van der Waals surface area contributed by atoms with E-state index in [9.17, 15) is 0 Å². The molecule has 1 aliphatic carbocycles. The van der Waals surface area contributed by atoms with Crippen LogP contribution in [0.4, 0.5) is 17.3 Å². The summed E-state index contributed by atoms with van der Waals surface area (Å²) in [6.07, 6.45) is 9.21. The number of aromatic nitrogens is 3. The highest BCUT2D eigenvalue weighted by molar-refractivity contribution is 5.77. The van der Waals surface area contributed by atoms with Gasteiger partial charge in [-0.05, 0) is 61.9 Å². The highest BCUT2D eigenvalue weighted by Crippen LogP contribution is 2.34. The average molecular weight is 391 g/mol. The molecule has 1 saturated heterocycles. The first kappa shape index (κ1) is 18.4. The van der Waals surface area contributed by atoms with Gasteiger partial charge in [-0.2, -0.15) is 4.98 Å². The van der Waals surface area contributed by atoms with Crippen LogP contribution in [0.15, 0.2) is 42.7 Å². The maximum absolute atomic E-state index is 4.86. The predicted octanol–water partition coefficient (Wildman–Crippen LogP) is 4.34. The van der Waals surface area contributed by atoms with Gasteiger partial charge in [0.1, 0.15) is 5.65 Å². The Labute approximate surface area is 172 Å². The molecule has 2 aromatic heterocycles. The first-order valence-electron chi connectivity index (χ1n) is 10.9. The van der Waals surface area contributed by atoms with Crippen LogP contribution in [-0.4, -0.2) is 40.7 Å². The summed E-state index contributed by atoms with van der Waals surface area (Å²) in [5, 5.41) is 7.90. The largest absolute Gasteiger partial charge is 0.369 e. The Morgan fingerprint density at radius 2 is 1.76 bits per heavy atom. The summed E-state index contributed by atoms with van der Waals surface area (Å²) >= 11 is 0. The maximum Gasteiger partial charge on any atom is 0.229 e. The van der Waals surface area contributed by atoms with E-state index >= 15 is 0 Å². The minimum Gasteiger partial charge on any atom is -0.369 e. The van der Waals surface area contributed by atoms with Crippen LogP contribution in [0.1, 0.15) is 38.6 Å². The normalized spacial score (nSPS) is 22.7. The van der Waals surface area contributed by atoms with Gasteiger partial charge in [0, 0.05) is 61.4 Å². The molecular formula is C23H30N6. The summed E-state index contributed by atoms with van der Waals surface area (Å²) in [5.74, 6) is 1.51. The SMILES string of the molecule is CC1CCC(n2ccc3cnc(Nc4ccc(N5CCNCC5)cc4)nc32)CC1. The van der Waals surface area contributed by atoms with Crippen molar-refractivity contribution < 1.29 is 0 Å². The Morgan fingerprint density at radius 1 is 1.00 bits per heavy atom. The number of nitrogens with one attached hydrogen (secondary N) is 2. The lowest BCUT2D eigenvalue weighted by molar-refractivity contribution is 0.293. The number of hydrogen-bond donors (Lipinski definition) is 2. The van der Waals surface area contributed by atoms with Gasteiger partial charge in [-0.15, -0.1) is 0 Å². The van der Waals surface area contributed by atoms with E-state index in [2.05, 4.69) is 68.5 Å².